The van der Waals surface area contributed by atoms with Crippen LogP contribution in [-0.2, 0) is 4.74 Å². The van der Waals surface area contributed by atoms with E-state index < -0.39 is 0 Å². The lowest BCUT2D eigenvalue weighted by Gasteiger charge is -2.29. The van der Waals surface area contributed by atoms with Gasteiger partial charge in [0, 0.05) is 44.0 Å². The van der Waals surface area contributed by atoms with Gasteiger partial charge in [0.2, 0.25) is 11.8 Å². The van der Waals surface area contributed by atoms with Crippen LogP contribution in [0, 0.1) is 0 Å². The molecule has 2 aliphatic heterocycles. The van der Waals surface area contributed by atoms with Crippen molar-refractivity contribution in [2.45, 2.75) is 19.3 Å². The van der Waals surface area contributed by atoms with E-state index >= 15 is 0 Å². The van der Waals surface area contributed by atoms with E-state index in [9.17, 15) is 4.79 Å². The largest absolute Gasteiger partial charge is 0.481 e. The highest BCUT2D eigenvalue weighted by Crippen LogP contribution is 2.35. The molecule has 37 heavy (non-hydrogen) atoms. The molecule has 2 aliphatic rings. The molecule has 12 heteroatoms. The lowest BCUT2D eigenvalue weighted by atomic mass is 10.1. The molecule has 4 aromatic rings. The molecule has 192 valence electrons. The second-order valence-electron chi connectivity index (χ2n) is 8.90. The summed E-state index contributed by atoms with van der Waals surface area (Å²) in [6.07, 6.45) is 6.33. The Hall–Kier alpha value is -3.77. The summed E-state index contributed by atoms with van der Waals surface area (Å²) in [5.41, 5.74) is 2.18. The molecule has 1 N–H and O–H groups in total. The number of aromatic nitrogens is 4. The lowest BCUT2D eigenvalue weighted by molar-refractivity contribution is 0.102. The molecule has 0 radical (unpaired) electrons. The fraction of sp³-hybridized carbons (Fsp3) is 0.400. The number of pyridine rings is 2. The van der Waals surface area contributed by atoms with E-state index in [1.165, 1.54) is 12.7 Å². The SMILES string of the molecule is COc1cc(-c2nc(C(=O)Nc3cc4sc(N5CCOCC5)nc4nc3N3CCCCC3)co2)ccn1. The number of hydrogen-bond acceptors (Lipinski definition) is 11. The molecule has 4 aromatic heterocycles. The van der Waals surface area contributed by atoms with Crippen molar-refractivity contribution in [3.05, 3.63) is 36.4 Å². The standard InChI is InChI=1S/C25H27N7O4S/c1-34-20-13-16(5-6-26-20)24-28-18(15-36-24)23(33)27-17-14-19-21(29-22(17)31-7-3-2-4-8-31)30-25(37-19)32-9-11-35-12-10-32/h5-6,13-15H,2-4,7-12H2,1H3,(H,27,33). The molecule has 1 amide bonds. The average molecular weight is 522 g/mol. The number of nitrogens with zero attached hydrogens (tertiary/aromatic N) is 6. The Bertz CT molecular complexity index is 1410. The Morgan fingerprint density at radius 3 is 2.70 bits per heavy atom. The van der Waals surface area contributed by atoms with Crippen molar-refractivity contribution in [3.63, 3.8) is 0 Å². The van der Waals surface area contributed by atoms with Crippen LogP contribution in [0.2, 0.25) is 0 Å². The van der Waals surface area contributed by atoms with Crippen molar-refractivity contribution < 1.29 is 18.7 Å². The van der Waals surface area contributed by atoms with E-state index in [2.05, 4.69) is 25.1 Å². The van der Waals surface area contributed by atoms with Gasteiger partial charge in [-0.05, 0) is 31.4 Å². The van der Waals surface area contributed by atoms with Gasteiger partial charge in [-0.2, -0.15) is 4.98 Å². The molecular weight excluding hydrogens is 494 g/mol. The van der Waals surface area contributed by atoms with Crippen LogP contribution >= 0.6 is 11.3 Å². The topological polar surface area (TPSA) is 119 Å². The monoisotopic (exact) mass is 521 g/mol. The van der Waals surface area contributed by atoms with Crippen LogP contribution in [0.4, 0.5) is 16.6 Å². The molecular formula is C25H27N7O4S. The first-order chi connectivity index (χ1) is 18.2. The summed E-state index contributed by atoms with van der Waals surface area (Å²) in [6.45, 7) is 4.77. The molecule has 0 saturated carbocycles. The molecule has 2 saturated heterocycles. The van der Waals surface area contributed by atoms with E-state index in [1.54, 1.807) is 36.8 Å². The quantitative estimate of drug-likeness (QED) is 0.401. The normalized spacial score (nSPS) is 16.2. The van der Waals surface area contributed by atoms with E-state index in [4.69, 9.17) is 23.9 Å². The Balaban J connectivity index is 1.30. The zero-order valence-corrected chi connectivity index (χ0v) is 21.3. The predicted molar refractivity (Wildman–Crippen MR) is 141 cm³/mol. The maximum Gasteiger partial charge on any atom is 0.277 e. The number of fused-ring (bicyclic) bond motifs is 1. The number of rotatable bonds is 6. The summed E-state index contributed by atoms with van der Waals surface area (Å²) in [5, 5.41) is 3.96. The van der Waals surface area contributed by atoms with Gasteiger partial charge in [-0.1, -0.05) is 11.3 Å². The van der Waals surface area contributed by atoms with Gasteiger partial charge in [0.15, 0.2) is 22.3 Å². The maximum atomic E-state index is 13.3. The molecule has 0 unspecified atom stereocenters. The van der Waals surface area contributed by atoms with Crippen LogP contribution < -0.4 is 19.9 Å². The van der Waals surface area contributed by atoms with Crippen LogP contribution in [0.3, 0.4) is 0 Å². The predicted octanol–water partition coefficient (Wildman–Crippen LogP) is 3.83. The Labute approximate surface area is 217 Å². The summed E-state index contributed by atoms with van der Waals surface area (Å²) in [7, 11) is 1.54. The van der Waals surface area contributed by atoms with E-state index in [0.29, 0.717) is 41.9 Å². The lowest BCUT2D eigenvalue weighted by Crippen LogP contribution is -2.36. The third kappa shape index (κ3) is 4.94. The van der Waals surface area contributed by atoms with Gasteiger partial charge in [0.1, 0.15) is 6.26 Å². The first kappa shape index (κ1) is 23.6. The average Bonchev–Trinajstić information content (AvgIpc) is 3.61. The Kier molecular flexibility index (Phi) is 6.58. The molecule has 6 heterocycles. The summed E-state index contributed by atoms with van der Waals surface area (Å²) in [5.74, 6) is 1.12. The fourth-order valence-electron chi connectivity index (χ4n) is 4.52. The fourth-order valence-corrected chi connectivity index (χ4v) is 5.52. The molecule has 0 spiro atoms. The first-order valence-corrected chi connectivity index (χ1v) is 13.2. The molecule has 11 nitrogen and oxygen atoms in total. The minimum atomic E-state index is -0.367. The molecule has 2 fully saturated rings. The van der Waals surface area contributed by atoms with Crippen LogP contribution in [0.5, 0.6) is 5.88 Å². The number of carbonyl (C=O) groups is 1. The zero-order chi connectivity index (χ0) is 25.2. The minimum Gasteiger partial charge on any atom is -0.481 e. The van der Waals surface area contributed by atoms with Crippen molar-refractivity contribution >= 4 is 44.2 Å². The highest BCUT2D eigenvalue weighted by molar-refractivity contribution is 7.22. The zero-order valence-electron chi connectivity index (χ0n) is 20.5. The van der Waals surface area contributed by atoms with Crippen LogP contribution in [-0.4, -0.2) is 72.3 Å². The van der Waals surface area contributed by atoms with Crippen LogP contribution in [0.15, 0.2) is 35.1 Å². The number of anilines is 3. The third-order valence-electron chi connectivity index (χ3n) is 6.46. The highest BCUT2D eigenvalue weighted by atomic mass is 32.1. The molecule has 0 aromatic carbocycles. The number of amides is 1. The van der Waals surface area contributed by atoms with Crippen molar-refractivity contribution in [2.24, 2.45) is 0 Å². The van der Waals surface area contributed by atoms with E-state index in [0.717, 1.165) is 54.7 Å². The first-order valence-electron chi connectivity index (χ1n) is 12.3. The van der Waals surface area contributed by atoms with Crippen molar-refractivity contribution in [1.29, 1.82) is 0 Å². The van der Waals surface area contributed by atoms with Crippen molar-refractivity contribution in [2.75, 3.05) is 61.6 Å². The maximum absolute atomic E-state index is 13.3. The number of piperidine rings is 1. The number of oxazole rings is 1. The van der Waals surface area contributed by atoms with Gasteiger partial charge in [-0.25, -0.2) is 15.0 Å². The summed E-state index contributed by atoms with van der Waals surface area (Å²) in [6, 6.07) is 5.42. The molecule has 6 rings (SSSR count). The number of morpholine rings is 1. The number of ether oxygens (including phenoxy) is 2. The van der Waals surface area contributed by atoms with Crippen molar-refractivity contribution in [1.82, 2.24) is 19.9 Å². The Morgan fingerprint density at radius 2 is 1.89 bits per heavy atom. The third-order valence-corrected chi connectivity index (χ3v) is 7.52. The van der Waals surface area contributed by atoms with E-state index in [1.807, 2.05) is 6.07 Å². The summed E-state index contributed by atoms with van der Waals surface area (Å²) < 4.78 is 17.2. The van der Waals surface area contributed by atoms with Crippen LogP contribution in [0.25, 0.3) is 21.8 Å². The number of methoxy groups -OCH3 is 1. The molecule has 0 aliphatic carbocycles. The summed E-state index contributed by atoms with van der Waals surface area (Å²) >= 11 is 1.58. The van der Waals surface area contributed by atoms with Gasteiger partial charge in [-0.15, -0.1) is 0 Å². The van der Waals surface area contributed by atoms with Gasteiger partial charge in [0.05, 0.1) is 30.7 Å². The second kappa shape index (κ2) is 10.3. The molecule has 0 atom stereocenters. The minimum absolute atomic E-state index is 0.175. The van der Waals surface area contributed by atoms with Crippen LogP contribution in [0.1, 0.15) is 29.8 Å². The van der Waals surface area contributed by atoms with Gasteiger partial charge >= 0.3 is 0 Å². The Morgan fingerprint density at radius 1 is 1.05 bits per heavy atom. The van der Waals surface area contributed by atoms with Gasteiger partial charge in [-0.3, -0.25) is 4.79 Å². The number of carbonyl (C=O) groups excluding carboxylic acids is 1. The number of nitrogens with one attached hydrogen (secondary N) is 1. The van der Waals surface area contributed by atoms with Gasteiger partial charge < -0.3 is 29.0 Å². The highest BCUT2D eigenvalue weighted by Gasteiger charge is 2.23. The second-order valence-corrected chi connectivity index (χ2v) is 9.91. The number of thiazole rings is 1. The van der Waals surface area contributed by atoms with Crippen molar-refractivity contribution in [3.8, 4) is 17.3 Å². The molecule has 0 bridgehead atoms. The van der Waals surface area contributed by atoms with Gasteiger partial charge in [0.25, 0.3) is 5.91 Å². The summed E-state index contributed by atoms with van der Waals surface area (Å²) in [4.78, 5) is 35.9. The number of hydrogen-bond donors (Lipinski definition) is 1. The van der Waals surface area contributed by atoms with E-state index in [-0.39, 0.29) is 11.6 Å². The smallest absolute Gasteiger partial charge is 0.277 e.